The zero-order valence-corrected chi connectivity index (χ0v) is 8.83. The van der Waals surface area contributed by atoms with Gasteiger partial charge in [-0.3, -0.25) is 0 Å². The van der Waals surface area contributed by atoms with Gasteiger partial charge in [-0.05, 0) is 17.9 Å². The Hall–Kier alpha value is -0.600. The number of ether oxygens (including phenoxy) is 1. The topological polar surface area (TPSA) is 50.1 Å². The minimum absolute atomic E-state index is 0.150. The average molecular weight is 215 g/mol. The molecular formula is C8H9NO2S2. The van der Waals surface area contributed by atoms with Crippen LogP contribution in [0, 0.1) is 11.3 Å². The second-order valence-corrected chi connectivity index (χ2v) is 4.79. The van der Waals surface area contributed by atoms with Crippen molar-refractivity contribution in [2.45, 2.75) is 6.42 Å². The Balaban J connectivity index is 2.84. The Kier molecular flexibility index (Phi) is 4.19. The van der Waals surface area contributed by atoms with E-state index in [1.807, 2.05) is 6.07 Å². The number of carbonyl (C=O) groups excluding carboxylic acids is 1. The maximum Gasteiger partial charge on any atom is 0.350 e. The number of hydrogen-bond donors (Lipinski definition) is 0. The van der Waals surface area contributed by atoms with E-state index in [1.54, 1.807) is 23.5 Å². The summed E-state index contributed by atoms with van der Waals surface area (Å²) in [5.74, 6) is 1.43. The van der Waals surface area contributed by atoms with Gasteiger partial charge in [0.05, 0.1) is 11.3 Å². The molecule has 70 valence electrons. The third kappa shape index (κ3) is 2.68. The summed E-state index contributed by atoms with van der Waals surface area (Å²) in [5, 5.41) is 8.74. The normalized spacial score (nSPS) is 16.2. The van der Waals surface area contributed by atoms with Gasteiger partial charge in [-0.1, -0.05) is 0 Å². The number of esters is 1. The zero-order chi connectivity index (χ0) is 9.68. The van der Waals surface area contributed by atoms with Crippen LogP contribution in [0.2, 0.25) is 0 Å². The Bertz CT molecular complexity index is 272. The number of hydrogen-bond acceptors (Lipinski definition) is 5. The van der Waals surface area contributed by atoms with Gasteiger partial charge < -0.3 is 4.74 Å². The lowest BCUT2D eigenvalue weighted by Gasteiger charge is -2.13. The molecule has 0 aromatic rings. The third-order valence-corrected chi connectivity index (χ3v) is 4.09. The fraction of sp³-hybridized carbons (Fsp3) is 0.500. The Labute approximate surface area is 85.5 Å². The molecule has 0 aliphatic carbocycles. The van der Waals surface area contributed by atoms with Gasteiger partial charge in [0.2, 0.25) is 0 Å². The number of methoxy groups -OCH3 is 1. The van der Waals surface area contributed by atoms with Crippen molar-refractivity contribution in [3.8, 4) is 6.07 Å². The van der Waals surface area contributed by atoms with Gasteiger partial charge in [0, 0.05) is 0 Å². The monoisotopic (exact) mass is 215 g/mol. The molecule has 1 heterocycles. The first-order chi connectivity index (χ1) is 6.29. The molecule has 0 amide bonds. The first-order valence-electron chi connectivity index (χ1n) is 3.78. The van der Waals surface area contributed by atoms with Crippen LogP contribution >= 0.6 is 23.5 Å². The predicted octanol–water partition coefficient (Wildman–Crippen LogP) is 1.76. The quantitative estimate of drug-likeness (QED) is 0.379. The van der Waals surface area contributed by atoms with Gasteiger partial charge in [-0.25, -0.2) is 4.79 Å². The predicted molar refractivity (Wildman–Crippen MR) is 54.2 cm³/mol. The maximum atomic E-state index is 11.1. The van der Waals surface area contributed by atoms with Crippen LogP contribution in [-0.2, 0) is 9.53 Å². The summed E-state index contributed by atoms with van der Waals surface area (Å²) in [7, 11) is 1.29. The van der Waals surface area contributed by atoms with Crippen molar-refractivity contribution in [2.24, 2.45) is 0 Å². The first kappa shape index (κ1) is 10.5. The van der Waals surface area contributed by atoms with Gasteiger partial charge in [-0.2, -0.15) is 5.26 Å². The van der Waals surface area contributed by atoms with Gasteiger partial charge in [0.25, 0.3) is 0 Å². The summed E-state index contributed by atoms with van der Waals surface area (Å²) in [6.07, 6.45) is 1.12. The number of carbonyl (C=O) groups is 1. The molecule has 13 heavy (non-hydrogen) atoms. The van der Waals surface area contributed by atoms with Crippen LogP contribution in [0.1, 0.15) is 6.42 Å². The molecule has 0 saturated carbocycles. The lowest BCUT2D eigenvalue weighted by atomic mass is 10.3. The van der Waals surface area contributed by atoms with E-state index in [4.69, 9.17) is 5.26 Å². The molecule has 5 heteroatoms. The Morgan fingerprint density at radius 1 is 1.54 bits per heavy atom. The summed E-state index contributed by atoms with van der Waals surface area (Å²) < 4.78 is 5.32. The van der Waals surface area contributed by atoms with Gasteiger partial charge in [-0.15, -0.1) is 23.5 Å². The van der Waals surface area contributed by atoms with Gasteiger partial charge in [0.1, 0.15) is 6.07 Å². The van der Waals surface area contributed by atoms with Crippen molar-refractivity contribution in [1.82, 2.24) is 0 Å². The first-order valence-corrected chi connectivity index (χ1v) is 5.75. The number of nitriles is 1. The summed E-state index contributed by atoms with van der Waals surface area (Å²) in [5.41, 5.74) is 0.150. The molecule has 1 saturated heterocycles. The Morgan fingerprint density at radius 2 is 2.15 bits per heavy atom. The van der Waals surface area contributed by atoms with E-state index in [2.05, 4.69) is 4.74 Å². The second-order valence-electron chi connectivity index (χ2n) is 2.32. The molecule has 1 rings (SSSR count). The SMILES string of the molecule is COC(=O)C(C#N)=C1SCCCS1. The lowest BCUT2D eigenvalue weighted by molar-refractivity contribution is -0.135. The van der Waals surface area contributed by atoms with Crippen LogP contribution in [0.4, 0.5) is 0 Å². The molecule has 0 unspecified atom stereocenters. The van der Waals surface area contributed by atoms with E-state index in [0.717, 1.165) is 22.2 Å². The summed E-state index contributed by atoms with van der Waals surface area (Å²) in [6.45, 7) is 0. The van der Waals surface area contributed by atoms with Crippen molar-refractivity contribution >= 4 is 29.5 Å². The van der Waals surface area contributed by atoms with Crippen molar-refractivity contribution in [2.75, 3.05) is 18.6 Å². The minimum Gasteiger partial charge on any atom is -0.465 e. The second kappa shape index (κ2) is 5.20. The molecule has 3 nitrogen and oxygen atoms in total. The highest BCUT2D eigenvalue weighted by Crippen LogP contribution is 2.37. The molecule has 0 atom stereocenters. The van der Waals surface area contributed by atoms with Crippen molar-refractivity contribution < 1.29 is 9.53 Å². The number of nitrogens with zero attached hydrogens (tertiary/aromatic N) is 1. The average Bonchev–Trinajstić information content (AvgIpc) is 2.20. The number of thioether (sulfide) groups is 2. The largest absolute Gasteiger partial charge is 0.465 e. The van der Waals surface area contributed by atoms with Gasteiger partial charge in [0.15, 0.2) is 5.57 Å². The van der Waals surface area contributed by atoms with Crippen LogP contribution in [0.25, 0.3) is 0 Å². The van der Waals surface area contributed by atoms with E-state index < -0.39 is 5.97 Å². The van der Waals surface area contributed by atoms with Crippen molar-refractivity contribution in [1.29, 1.82) is 5.26 Å². The Morgan fingerprint density at radius 3 is 2.62 bits per heavy atom. The van der Waals surface area contributed by atoms with E-state index in [-0.39, 0.29) is 5.57 Å². The van der Waals surface area contributed by atoms with E-state index in [1.165, 1.54) is 7.11 Å². The summed E-state index contributed by atoms with van der Waals surface area (Å²) >= 11 is 3.12. The highest BCUT2D eigenvalue weighted by atomic mass is 32.2. The highest BCUT2D eigenvalue weighted by Gasteiger charge is 2.18. The number of rotatable bonds is 1. The molecule has 0 N–H and O–H groups in total. The zero-order valence-electron chi connectivity index (χ0n) is 7.20. The summed E-state index contributed by atoms with van der Waals surface area (Å²) in [6, 6.07) is 1.89. The lowest BCUT2D eigenvalue weighted by Crippen LogP contribution is -2.06. The smallest absolute Gasteiger partial charge is 0.350 e. The fourth-order valence-electron chi connectivity index (χ4n) is 0.851. The molecule has 0 spiro atoms. The highest BCUT2D eigenvalue weighted by molar-refractivity contribution is 8.22. The van der Waals surface area contributed by atoms with E-state index >= 15 is 0 Å². The molecule has 0 radical (unpaired) electrons. The molecular weight excluding hydrogens is 206 g/mol. The van der Waals surface area contributed by atoms with Crippen LogP contribution in [0.5, 0.6) is 0 Å². The van der Waals surface area contributed by atoms with Crippen molar-refractivity contribution in [3.63, 3.8) is 0 Å². The van der Waals surface area contributed by atoms with Crippen LogP contribution in [0.15, 0.2) is 9.81 Å². The molecule has 0 aromatic carbocycles. The molecule has 1 fully saturated rings. The van der Waals surface area contributed by atoms with Crippen molar-refractivity contribution in [3.05, 3.63) is 9.81 Å². The third-order valence-electron chi connectivity index (χ3n) is 1.46. The summed E-state index contributed by atoms with van der Waals surface area (Å²) in [4.78, 5) is 11.1. The molecule has 0 aromatic heterocycles. The van der Waals surface area contributed by atoms with E-state index in [9.17, 15) is 4.79 Å². The van der Waals surface area contributed by atoms with Gasteiger partial charge >= 0.3 is 5.97 Å². The van der Waals surface area contributed by atoms with Crippen LogP contribution in [0.3, 0.4) is 0 Å². The fourth-order valence-corrected chi connectivity index (χ4v) is 3.36. The minimum atomic E-state index is -0.528. The molecule has 0 bridgehead atoms. The van der Waals surface area contributed by atoms with Crippen LogP contribution in [-0.4, -0.2) is 24.6 Å². The molecule has 1 aliphatic heterocycles. The molecule has 1 aliphatic rings. The van der Waals surface area contributed by atoms with Crippen LogP contribution < -0.4 is 0 Å². The standard InChI is InChI=1S/C8H9NO2S2/c1-11-7(10)6(5-9)8-12-3-2-4-13-8/h2-4H2,1H3. The van der Waals surface area contributed by atoms with E-state index in [0.29, 0.717) is 0 Å². The maximum absolute atomic E-state index is 11.1.